The molecule has 3 heteroatoms. The number of nitrogens with zero attached hydrogens (tertiary/aromatic N) is 2. The Morgan fingerprint density at radius 2 is 2.23 bits per heavy atom. The smallest absolute Gasteiger partial charge is 0.124 e. The zero-order valence-electron chi connectivity index (χ0n) is 7.24. The fourth-order valence-electron chi connectivity index (χ4n) is 1.23. The van der Waals surface area contributed by atoms with Crippen LogP contribution in [0.5, 0.6) is 0 Å². The minimum atomic E-state index is 0.856. The van der Waals surface area contributed by atoms with Crippen molar-refractivity contribution in [1.29, 1.82) is 0 Å². The molecule has 0 bridgehead atoms. The minimum absolute atomic E-state index is 0.856. The summed E-state index contributed by atoms with van der Waals surface area (Å²) >= 11 is 3.32. The minimum Gasteiger partial charge on any atom is -0.305 e. The van der Waals surface area contributed by atoms with Gasteiger partial charge >= 0.3 is 0 Å². The molecule has 13 heavy (non-hydrogen) atoms. The van der Waals surface area contributed by atoms with Gasteiger partial charge in [-0.15, -0.1) is 0 Å². The molecule has 0 radical (unpaired) electrons. The van der Waals surface area contributed by atoms with Crippen molar-refractivity contribution in [1.82, 2.24) is 9.55 Å². The number of aryl methyl sites for hydroxylation is 1. The van der Waals surface area contributed by atoms with E-state index in [-0.39, 0.29) is 0 Å². The molecule has 1 aromatic heterocycles. The lowest BCUT2D eigenvalue weighted by molar-refractivity contribution is 1.05. The monoisotopic (exact) mass is 236 g/mol. The molecule has 0 spiro atoms. The average molecular weight is 237 g/mol. The van der Waals surface area contributed by atoms with Crippen LogP contribution in [0.15, 0.2) is 41.4 Å². The van der Waals surface area contributed by atoms with Crippen LogP contribution in [0.4, 0.5) is 0 Å². The van der Waals surface area contributed by atoms with Crippen LogP contribution in [0.3, 0.4) is 0 Å². The van der Waals surface area contributed by atoms with E-state index in [9.17, 15) is 0 Å². The molecule has 1 aromatic carbocycles. The van der Waals surface area contributed by atoms with Gasteiger partial charge < -0.3 is 4.57 Å². The van der Waals surface area contributed by atoms with Gasteiger partial charge in [0.15, 0.2) is 0 Å². The molecule has 0 unspecified atom stereocenters. The van der Waals surface area contributed by atoms with Crippen LogP contribution in [-0.2, 0) is 0 Å². The van der Waals surface area contributed by atoms with Crippen LogP contribution in [-0.4, -0.2) is 9.55 Å². The molecule has 0 aliphatic carbocycles. The summed E-state index contributed by atoms with van der Waals surface area (Å²) in [4.78, 5) is 4.10. The second-order valence-electron chi connectivity index (χ2n) is 2.94. The molecule has 1 heterocycles. The Bertz CT molecular complexity index is 420. The molecular weight excluding hydrogens is 228 g/mol. The molecule has 0 saturated carbocycles. The zero-order chi connectivity index (χ0) is 9.26. The number of aromatic nitrogens is 2. The SMILES string of the molecule is Cc1cccc(-n2cnc(Br)c2)c1. The van der Waals surface area contributed by atoms with Gasteiger partial charge in [0.2, 0.25) is 0 Å². The highest BCUT2D eigenvalue weighted by atomic mass is 79.9. The fraction of sp³-hybridized carbons (Fsp3) is 0.100. The van der Waals surface area contributed by atoms with Gasteiger partial charge in [-0.3, -0.25) is 0 Å². The number of hydrogen-bond donors (Lipinski definition) is 0. The lowest BCUT2D eigenvalue weighted by Gasteiger charge is -2.01. The first-order chi connectivity index (χ1) is 6.25. The first kappa shape index (κ1) is 8.51. The van der Waals surface area contributed by atoms with Crippen molar-refractivity contribution in [3.8, 4) is 5.69 Å². The Kier molecular flexibility index (Phi) is 2.19. The van der Waals surface area contributed by atoms with E-state index in [4.69, 9.17) is 0 Å². The fourth-order valence-corrected chi connectivity index (χ4v) is 1.54. The molecule has 0 aliphatic rings. The Labute approximate surface area is 85.4 Å². The summed E-state index contributed by atoms with van der Waals surface area (Å²) in [7, 11) is 0. The van der Waals surface area contributed by atoms with Crippen LogP contribution < -0.4 is 0 Å². The highest BCUT2D eigenvalue weighted by Crippen LogP contribution is 2.12. The second-order valence-corrected chi connectivity index (χ2v) is 3.76. The van der Waals surface area contributed by atoms with E-state index in [1.807, 2.05) is 16.8 Å². The van der Waals surface area contributed by atoms with E-state index >= 15 is 0 Å². The maximum Gasteiger partial charge on any atom is 0.124 e. The summed E-state index contributed by atoms with van der Waals surface area (Å²) in [6.07, 6.45) is 3.73. The van der Waals surface area contributed by atoms with Gasteiger partial charge in [0, 0.05) is 11.9 Å². The predicted octanol–water partition coefficient (Wildman–Crippen LogP) is 2.94. The molecule has 2 rings (SSSR count). The Hall–Kier alpha value is -1.09. The maximum absolute atomic E-state index is 4.10. The summed E-state index contributed by atoms with van der Waals surface area (Å²) in [6, 6.07) is 8.29. The topological polar surface area (TPSA) is 17.8 Å². The van der Waals surface area contributed by atoms with Crippen molar-refractivity contribution in [3.05, 3.63) is 47.0 Å². The van der Waals surface area contributed by atoms with E-state index in [0.29, 0.717) is 0 Å². The van der Waals surface area contributed by atoms with Crippen molar-refractivity contribution < 1.29 is 0 Å². The number of benzene rings is 1. The quantitative estimate of drug-likeness (QED) is 0.745. The average Bonchev–Trinajstić information content (AvgIpc) is 2.52. The van der Waals surface area contributed by atoms with Crippen molar-refractivity contribution in [3.63, 3.8) is 0 Å². The van der Waals surface area contributed by atoms with Gasteiger partial charge in [0.1, 0.15) is 10.9 Å². The molecule has 2 nitrogen and oxygen atoms in total. The lowest BCUT2D eigenvalue weighted by atomic mass is 10.2. The van der Waals surface area contributed by atoms with E-state index < -0.39 is 0 Å². The third kappa shape index (κ3) is 1.80. The molecule has 0 saturated heterocycles. The number of hydrogen-bond acceptors (Lipinski definition) is 1. The number of rotatable bonds is 1. The summed E-state index contributed by atoms with van der Waals surface area (Å²) in [5.41, 5.74) is 2.39. The number of halogens is 1. The van der Waals surface area contributed by atoms with Crippen LogP contribution in [0.25, 0.3) is 5.69 Å². The summed E-state index contributed by atoms with van der Waals surface area (Å²) in [6.45, 7) is 2.08. The van der Waals surface area contributed by atoms with Crippen LogP contribution >= 0.6 is 15.9 Å². The van der Waals surface area contributed by atoms with Crippen molar-refractivity contribution in [2.24, 2.45) is 0 Å². The molecule has 0 fully saturated rings. The summed E-state index contributed by atoms with van der Waals surface area (Å²) in [5, 5.41) is 0. The third-order valence-corrected chi connectivity index (χ3v) is 2.26. The van der Waals surface area contributed by atoms with E-state index in [2.05, 4.69) is 46.0 Å². The van der Waals surface area contributed by atoms with Gasteiger partial charge in [-0.2, -0.15) is 0 Å². The largest absolute Gasteiger partial charge is 0.305 e. The van der Waals surface area contributed by atoms with Gasteiger partial charge in [-0.05, 0) is 40.5 Å². The lowest BCUT2D eigenvalue weighted by Crippen LogP contribution is -1.89. The van der Waals surface area contributed by atoms with Crippen LogP contribution in [0.2, 0.25) is 0 Å². The van der Waals surface area contributed by atoms with Crippen LogP contribution in [0.1, 0.15) is 5.56 Å². The molecule has 0 N–H and O–H groups in total. The standard InChI is InChI=1S/C10H9BrN2/c1-8-3-2-4-9(5-8)13-6-10(11)12-7-13/h2-7H,1H3. The normalized spacial score (nSPS) is 10.3. The molecule has 0 aliphatic heterocycles. The zero-order valence-corrected chi connectivity index (χ0v) is 8.82. The van der Waals surface area contributed by atoms with Crippen molar-refractivity contribution in [2.75, 3.05) is 0 Å². The van der Waals surface area contributed by atoms with E-state index in [1.165, 1.54) is 5.56 Å². The molecular formula is C10H9BrN2. The molecule has 2 aromatic rings. The van der Waals surface area contributed by atoms with Crippen molar-refractivity contribution in [2.45, 2.75) is 6.92 Å². The summed E-state index contributed by atoms with van der Waals surface area (Å²) < 4.78 is 2.84. The second kappa shape index (κ2) is 3.34. The molecule has 66 valence electrons. The third-order valence-electron chi connectivity index (χ3n) is 1.85. The van der Waals surface area contributed by atoms with Crippen molar-refractivity contribution >= 4 is 15.9 Å². The first-order valence-electron chi connectivity index (χ1n) is 4.02. The van der Waals surface area contributed by atoms with Gasteiger partial charge in [0.25, 0.3) is 0 Å². The Balaban J connectivity index is 2.46. The summed E-state index contributed by atoms with van der Waals surface area (Å²) in [5.74, 6) is 0. The Morgan fingerprint density at radius 1 is 1.38 bits per heavy atom. The highest BCUT2D eigenvalue weighted by Gasteiger charge is 1.97. The molecule has 0 amide bonds. The van der Waals surface area contributed by atoms with Gasteiger partial charge in [0.05, 0.1) is 0 Å². The Morgan fingerprint density at radius 3 is 2.85 bits per heavy atom. The number of imidazole rings is 1. The van der Waals surface area contributed by atoms with E-state index in [0.717, 1.165) is 10.3 Å². The predicted molar refractivity (Wildman–Crippen MR) is 56.0 cm³/mol. The van der Waals surface area contributed by atoms with E-state index in [1.54, 1.807) is 6.33 Å². The molecule has 0 atom stereocenters. The first-order valence-corrected chi connectivity index (χ1v) is 4.81. The van der Waals surface area contributed by atoms with Gasteiger partial charge in [-0.1, -0.05) is 12.1 Å². The van der Waals surface area contributed by atoms with Crippen LogP contribution in [0, 0.1) is 6.92 Å². The maximum atomic E-state index is 4.10. The highest BCUT2D eigenvalue weighted by molar-refractivity contribution is 9.10. The van der Waals surface area contributed by atoms with Gasteiger partial charge in [-0.25, -0.2) is 4.98 Å².